The van der Waals surface area contributed by atoms with Gasteiger partial charge in [0, 0.05) is 31.4 Å². The van der Waals surface area contributed by atoms with Gasteiger partial charge in [0.25, 0.3) is 5.91 Å². The quantitative estimate of drug-likeness (QED) is 0.324. The number of aliphatic imine (C=N–C) groups is 1. The first-order chi connectivity index (χ1) is 13.2. The fourth-order valence-electron chi connectivity index (χ4n) is 3.19. The zero-order chi connectivity index (χ0) is 19.1. The minimum atomic E-state index is -0.569. The van der Waals surface area contributed by atoms with Crippen LogP contribution < -0.4 is 21.3 Å². The van der Waals surface area contributed by atoms with E-state index in [9.17, 15) is 4.79 Å². The summed E-state index contributed by atoms with van der Waals surface area (Å²) in [4.78, 5) is 18.1. The molecule has 1 fully saturated rings. The third-order valence-corrected chi connectivity index (χ3v) is 4.60. The number of rotatable bonds is 6. The summed E-state index contributed by atoms with van der Waals surface area (Å²) in [6.45, 7) is 5.20. The lowest BCUT2D eigenvalue weighted by Crippen LogP contribution is -2.48. The van der Waals surface area contributed by atoms with Gasteiger partial charge in [-0.3, -0.25) is 4.79 Å². The first-order valence-electron chi connectivity index (χ1n) is 9.39. The second-order valence-corrected chi connectivity index (χ2v) is 6.57. The summed E-state index contributed by atoms with van der Waals surface area (Å²) in [5.41, 5.74) is 6.49. The maximum absolute atomic E-state index is 11.1. The van der Waals surface area contributed by atoms with Gasteiger partial charge in [0.1, 0.15) is 12.3 Å². The van der Waals surface area contributed by atoms with Crippen molar-refractivity contribution in [2.45, 2.75) is 32.4 Å². The minimum Gasteiger partial charge on any atom is -0.454 e. The lowest BCUT2D eigenvalue weighted by atomic mass is 10.0. The van der Waals surface area contributed by atoms with Crippen LogP contribution in [-0.2, 0) is 6.54 Å². The number of amides is 1. The number of nitrogens with one attached hydrogen (secondary N) is 2. The van der Waals surface area contributed by atoms with Crippen LogP contribution in [0.2, 0.25) is 0 Å². The molecule has 1 aromatic carbocycles. The SMILES string of the molecule is CCNC(=NCc1ccc(C(N)=O)o1)NC1CCN(c2ccccc2)CC1.I. The number of carbonyl (C=O) groups excluding carboxylic acids is 1. The van der Waals surface area contributed by atoms with Crippen LogP contribution in [0.25, 0.3) is 0 Å². The number of hydrogen-bond acceptors (Lipinski definition) is 4. The van der Waals surface area contributed by atoms with Crippen LogP contribution in [0.4, 0.5) is 5.69 Å². The molecule has 0 radical (unpaired) electrons. The molecule has 0 atom stereocenters. The predicted octanol–water partition coefficient (Wildman–Crippen LogP) is 2.72. The zero-order valence-corrected chi connectivity index (χ0v) is 18.4. The van der Waals surface area contributed by atoms with E-state index in [0.717, 1.165) is 38.4 Å². The van der Waals surface area contributed by atoms with Gasteiger partial charge in [-0.05, 0) is 44.0 Å². The van der Waals surface area contributed by atoms with E-state index < -0.39 is 5.91 Å². The molecule has 0 spiro atoms. The number of anilines is 1. The van der Waals surface area contributed by atoms with Crippen molar-refractivity contribution in [2.75, 3.05) is 24.5 Å². The van der Waals surface area contributed by atoms with E-state index in [2.05, 4.69) is 44.8 Å². The van der Waals surface area contributed by atoms with Crippen LogP contribution in [0.1, 0.15) is 36.1 Å². The molecule has 1 aromatic heterocycles. The Morgan fingerprint density at radius 3 is 2.54 bits per heavy atom. The molecule has 0 saturated carbocycles. The third kappa shape index (κ3) is 6.15. The molecule has 8 heteroatoms. The van der Waals surface area contributed by atoms with Crippen LogP contribution in [0.3, 0.4) is 0 Å². The molecule has 7 nitrogen and oxygen atoms in total. The Balaban J connectivity index is 0.00000280. The number of nitrogens with two attached hydrogens (primary N) is 1. The van der Waals surface area contributed by atoms with Gasteiger partial charge in [0.2, 0.25) is 0 Å². The molecule has 1 aliphatic heterocycles. The smallest absolute Gasteiger partial charge is 0.284 e. The van der Waals surface area contributed by atoms with Crippen LogP contribution in [0.15, 0.2) is 51.9 Å². The monoisotopic (exact) mass is 497 g/mol. The third-order valence-electron chi connectivity index (χ3n) is 4.60. The average molecular weight is 497 g/mol. The second-order valence-electron chi connectivity index (χ2n) is 6.57. The fourth-order valence-corrected chi connectivity index (χ4v) is 3.19. The van der Waals surface area contributed by atoms with E-state index in [4.69, 9.17) is 10.2 Å². The predicted molar refractivity (Wildman–Crippen MR) is 122 cm³/mol. The largest absolute Gasteiger partial charge is 0.454 e. The average Bonchev–Trinajstić information content (AvgIpc) is 3.17. The number of furan rings is 1. The molecule has 28 heavy (non-hydrogen) atoms. The van der Waals surface area contributed by atoms with Crippen molar-refractivity contribution in [3.63, 3.8) is 0 Å². The number of halogens is 1. The molecule has 0 unspecified atom stereocenters. The van der Waals surface area contributed by atoms with Crippen molar-refractivity contribution in [1.82, 2.24) is 10.6 Å². The highest BCUT2D eigenvalue weighted by atomic mass is 127. The molecule has 1 amide bonds. The second kappa shape index (κ2) is 10.9. The number of benzene rings is 1. The highest BCUT2D eigenvalue weighted by Crippen LogP contribution is 2.19. The molecule has 2 heterocycles. The number of carbonyl (C=O) groups is 1. The van der Waals surface area contributed by atoms with Gasteiger partial charge in [-0.2, -0.15) is 0 Å². The molecule has 2 aromatic rings. The Labute approximate surface area is 182 Å². The zero-order valence-electron chi connectivity index (χ0n) is 16.1. The lowest BCUT2D eigenvalue weighted by molar-refractivity contribution is 0.0972. The number of piperidine rings is 1. The summed E-state index contributed by atoms with van der Waals surface area (Å²) < 4.78 is 5.38. The van der Waals surface area contributed by atoms with E-state index in [-0.39, 0.29) is 29.7 Å². The van der Waals surface area contributed by atoms with Gasteiger partial charge in [0.15, 0.2) is 11.7 Å². The molecule has 0 aliphatic carbocycles. The molecular weight excluding hydrogens is 469 g/mol. The summed E-state index contributed by atoms with van der Waals surface area (Å²) in [7, 11) is 0. The Hall–Kier alpha value is -2.23. The van der Waals surface area contributed by atoms with Crippen LogP contribution >= 0.6 is 24.0 Å². The number of nitrogens with zero attached hydrogens (tertiary/aromatic N) is 2. The lowest BCUT2D eigenvalue weighted by Gasteiger charge is -2.34. The van der Waals surface area contributed by atoms with Gasteiger partial charge in [-0.15, -0.1) is 24.0 Å². The molecule has 0 bridgehead atoms. The molecule has 4 N–H and O–H groups in total. The molecule has 1 saturated heterocycles. The summed E-state index contributed by atoms with van der Waals surface area (Å²) in [5, 5.41) is 6.77. The topological polar surface area (TPSA) is 95.9 Å². The van der Waals surface area contributed by atoms with E-state index in [1.807, 2.05) is 13.0 Å². The first-order valence-corrected chi connectivity index (χ1v) is 9.39. The summed E-state index contributed by atoms with van der Waals surface area (Å²) in [5.74, 6) is 0.958. The van der Waals surface area contributed by atoms with Crippen molar-refractivity contribution >= 4 is 41.5 Å². The highest BCUT2D eigenvalue weighted by molar-refractivity contribution is 14.0. The number of hydrogen-bond donors (Lipinski definition) is 3. The minimum absolute atomic E-state index is 0. The van der Waals surface area contributed by atoms with E-state index >= 15 is 0 Å². The number of primary amides is 1. The molecular formula is C20H28IN5O2. The molecule has 152 valence electrons. The van der Waals surface area contributed by atoms with Gasteiger partial charge in [-0.1, -0.05) is 18.2 Å². The standard InChI is InChI=1S/C20H27N5O2.HI/c1-2-22-20(23-14-17-8-9-18(27-17)19(21)26)24-15-10-12-25(13-11-15)16-6-4-3-5-7-16;/h3-9,15H,2,10-14H2,1H3,(H2,21,26)(H2,22,23,24);1H. The maximum atomic E-state index is 11.1. The highest BCUT2D eigenvalue weighted by Gasteiger charge is 2.20. The van der Waals surface area contributed by atoms with E-state index in [1.165, 1.54) is 5.69 Å². The first kappa shape index (κ1) is 22.1. The fraction of sp³-hybridized carbons (Fsp3) is 0.400. The summed E-state index contributed by atoms with van der Waals surface area (Å²) in [6, 6.07) is 14.2. The number of guanidine groups is 1. The Kier molecular flexibility index (Phi) is 8.62. The Morgan fingerprint density at radius 2 is 1.93 bits per heavy atom. The van der Waals surface area contributed by atoms with Crippen molar-refractivity contribution in [3.8, 4) is 0 Å². The van der Waals surface area contributed by atoms with Crippen LogP contribution in [0, 0.1) is 0 Å². The van der Waals surface area contributed by atoms with Crippen LogP contribution in [-0.4, -0.2) is 37.5 Å². The number of para-hydroxylation sites is 1. The maximum Gasteiger partial charge on any atom is 0.284 e. The van der Waals surface area contributed by atoms with Gasteiger partial charge in [-0.25, -0.2) is 4.99 Å². The van der Waals surface area contributed by atoms with Crippen molar-refractivity contribution in [1.29, 1.82) is 0 Å². The van der Waals surface area contributed by atoms with Crippen molar-refractivity contribution < 1.29 is 9.21 Å². The van der Waals surface area contributed by atoms with Crippen molar-refractivity contribution in [3.05, 3.63) is 54.0 Å². The molecule has 1 aliphatic rings. The van der Waals surface area contributed by atoms with Gasteiger partial charge < -0.3 is 25.7 Å². The Morgan fingerprint density at radius 1 is 1.21 bits per heavy atom. The normalized spacial score (nSPS) is 15.0. The summed E-state index contributed by atoms with van der Waals surface area (Å²) in [6.07, 6.45) is 2.10. The Bertz CT molecular complexity index is 770. The van der Waals surface area contributed by atoms with Crippen molar-refractivity contribution in [2.24, 2.45) is 10.7 Å². The van der Waals surface area contributed by atoms with Gasteiger partial charge >= 0.3 is 0 Å². The molecule has 3 rings (SSSR count). The van der Waals surface area contributed by atoms with E-state index in [0.29, 0.717) is 18.3 Å². The summed E-state index contributed by atoms with van der Waals surface area (Å²) >= 11 is 0. The van der Waals surface area contributed by atoms with Gasteiger partial charge in [0.05, 0.1) is 0 Å². The van der Waals surface area contributed by atoms with Crippen LogP contribution in [0.5, 0.6) is 0 Å². The van der Waals surface area contributed by atoms with E-state index in [1.54, 1.807) is 12.1 Å².